The van der Waals surface area contributed by atoms with Gasteiger partial charge in [-0.3, -0.25) is 9.89 Å². The summed E-state index contributed by atoms with van der Waals surface area (Å²) in [6.07, 6.45) is 4.89. The van der Waals surface area contributed by atoms with Gasteiger partial charge in [0.2, 0.25) is 0 Å². The van der Waals surface area contributed by atoms with E-state index in [1.54, 1.807) is 0 Å². The Balaban J connectivity index is 1.63. The van der Waals surface area contributed by atoms with Crippen LogP contribution in [0.15, 0.2) is 21.5 Å². The Labute approximate surface area is 170 Å². The highest BCUT2D eigenvalue weighted by molar-refractivity contribution is 5.80. The van der Waals surface area contributed by atoms with Gasteiger partial charge in [-0.25, -0.2) is 0 Å². The van der Waals surface area contributed by atoms with Gasteiger partial charge < -0.3 is 20.0 Å². The number of piperidine rings is 1. The highest BCUT2D eigenvalue weighted by Gasteiger charge is 2.26. The molecular weight excluding hydrogens is 350 g/mol. The monoisotopic (exact) mass is 389 g/mol. The molecule has 0 saturated carbocycles. The van der Waals surface area contributed by atoms with Crippen molar-refractivity contribution < 1.29 is 4.42 Å². The van der Waals surface area contributed by atoms with Gasteiger partial charge in [0.25, 0.3) is 0 Å². The molecule has 2 aliphatic heterocycles. The molecule has 2 saturated heterocycles. The normalized spacial score (nSPS) is 21.4. The second-order valence-electron chi connectivity index (χ2n) is 8.48. The third kappa shape index (κ3) is 5.74. The summed E-state index contributed by atoms with van der Waals surface area (Å²) in [6.45, 7) is 14.9. The standard InChI is InChI=1S/C22H39N5O/c1-5-23-22(25-19-10-14-26(15-11-19)17(2)3)24-16-20(27-12-6-7-13-27)21-9-8-18(4)28-21/h8-9,17,19-20H,5-7,10-16H2,1-4H3,(H2,23,24,25). The van der Waals surface area contributed by atoms with Crippen molar-refractivity contribution in [1.29, 1.82) is 0 Å². The smallest absolute Gasteiger partial charge is 0.191 e. The lowest BCUT2D eigenvalue weighted by Crippen LogP contribution is -2.50. The number of rotatable bonds is 7. The average Bonchev–Trinajstić information content (AvgIpc) is 3.35. The molecule has 0 aromatic carbocycles. The SMILES string of the molecule is CCNC(=NCC(c1ccc(C)o1)N1CCCC1)NC1CCN(C(C)C)CC1. The zero-order valence-corrected chi connectivity index (χ0v) is 18.2. The lowest BCUT2D eigenvalue weighted by atomic mass is 10.0. The Kier molecular flexibility index (Phi) is 7.80. The molecule has 2 aliphatic rings. The third-order valence-electron chi connectivity index (χ3n) is 6.04. The van der Waals surface area contributed by atoms with Crippen molar-refractivity contribution in [2.24, 2.45) is 4.99 Å². The third-order valence-corrected chi connectivity index (χ3v) is 6.04. The van der Waals surface area contributed by atoms with E-state index in [0.717, 1.165) is 56.7 Å². The second kappa shape index (κ2) is 10.3. The molecule has 0 bridgehead atoms. The van der Waals surface area contributed by atoms with Crippen molar-refractivity contribution in [2.75, 3.05) is 39.3 Å². The summed E-state index contributed by atoms with van der Waals surface area (Å²) in [5.74, 6) is 2.97. The molecule has 1 unspecified atom stereocenters. The number of furan rings is 1. The molecule has 0 aliphatic carbocycles. The molecule has 0 amide bonds. The van der Waals surface area contributed by atoms with Crippen molar-refractivity contribution in [1.82, 2.24) is 20.4 Å². The minimum absolute atomic E-state index is 0.231. The first-order chi connectivity index (χ1) is 13.6. The first kappa shape index (κ1) is 21.2. The second-order valence-corrected chi connectivity index (χ2v) is 8.48. The van der Waals surface area contributed by atoms with Crippen molar-refractivity contribution in [2.45, 2.75) is 71.5 Å². The van der Waals surface area contributed by atoms with Gasteiger partial charge in [0.1, 0.15) is 11.5 Å². The number of guanidine groups is 1. The van der Waals surface area contributed by atoms with E-state index in [1.807, 2.05) is 6.92 Å². The quantitative estimate of drug-likeness (QED) is 0.554. The van der Waals surface area contributed by atoms with Gasteiger partial charge >= 0.3 is 0 Å². The Bertz CT molecular complexity index is 612. The minimum atomic E-state index is 0.231. The van der Waals surface area contributed by atoms with Crippen LogP contribution in [0.5, 0.6) is 0 Å². The topological polar surface area (TPSA) is 56.0 Å². The summed E-state index contributed by atoms with van der Waals surface area (Å²) in [6, 6.07) is 5.56. The fourth-order valence-corrected chi connectivity index (χ4v) is 4.32. The number of likely N-dealkylation sites (tertiary alicyclic amines) is 2. The summed E-state index contributed by atoms with van der Waals surface area (Å²) in [7, 11) is 0. The summed E-state index contributed by atoms with van der Waals surface area (Å²) >= 11 is 0. The molecule has 3 heterocycles. The van der Waals surface area contributed by atoms with E-state index in [4.69, 9.17) is 9.41 Å². The lowest BCUT2D eigenvalue weighted by molar-refractivity contribution is 0.167. The van der Waals surface area contributed by atoms with E-state index in [1.165, 1.54) is 25.7 Å². The Morgan fingerprint density at radius 2 is 1.86 bits per heavy atom. The predicted molar refractivity (Wildman–Crippen MR) is 116 cm³/mol. The van der Waals surface area contributed by atoms with Gasteiger partial charge in [-0.05, 0) is 78.6 Å². The molecule has 1 atom stereocenters. The van der Waals surface area contributed by atoms with Crippen LogP contribution >= 0.6 is 0 Å². The van der Waals surface area contributed by atoms with E-state index < -0.39 is 0 Å². The number of aryl methyl sites for hydroxylation is 1. The van der Waals surface area contributed by atoms with Crippen LogP contribution in [0, 0.1) is 6.92 Å². The predicted octanol–water partition coefficient (Wildman–Crippen LogP) is 3.15. The molecule has 2 N–H and O–H groups in total. The van der Waals surface area contributed by atoms with Crippen molar-refractivity contribution >= 4 is 5.96 Å². The molecule has 6 heteroatoms. The van der Waals surface area contributed by atoms with Crippen LogP contribution < -0.4 is 10.6 Å². The molecule has 1 aromatic heterocycles. The molecule has 0 spiro atoms. The number of nitrogens with zero attached hydrogens (tertiary/aromatic N) is 3. The Morgan fingerprint density at radius 3 is 2.43 bits per heavy atom. The zero-order valence-electron chi connectivity index (χ0n) is 18.2. The molecule has 6 nitrogen and oxygen atoms in total. The summed E-state index contributed by atoms with van der Waals surface area (Å²) in [5, 5.41) is 7.12. The van der Waals surface area contributed by atoms with Crippen LogP contribution in [0.25, 0.3) is 0 Å². The molecule has 28 heavy (non-hydrogen) atoms. The maximum atomic E-state index is 5.98. The van der Waals surface area contributed by atoms with Crippen molar-refractivity contribution in [3.05, 3.63) is 23.7 Å². The largest absolute Gasteiger partial charge is 0.465 e. The van der Waals surface area contributed by atoms with Crippen LogP contribution in [0.1, 0.15) is 64.0 Å². The molecule has 1 aromatic rings. The molecular formula is C22H39N5O. The summed E-state index contributed by atoms with van der Waals surface area (Å²) < 4.78 is 5.98. The lowest BCUT2D eigenvalue weighted by Gasteiger charge is -2.35. The molecule has 158 valence electrons. The summed E-state index contributed by atoms with van der Waals surface area (Å²) in [4.78, 5) is 10.1. The van der Waals surface area contributed by atoms with E-state index >= 15 is 0 Å². The van der Waals surface area contributed by atoms with Gasteiger partial charge in [0, 0.05) is 31.7 Å². The Hall–Kier alpha value is -1.53. The van der Waals surface area contributed by atoms with Crippen LogP contribution in [-0.4, -0.2) is 67.1 Å². The molecule has 2 fully saturated rings. The fourth-order valence-electron chi connectivity index (χ4n) is 4.32. The number of hydrogen-bond donors (Lipinski definition) is 2. The average molecular weight is 390 g/mol. The van der Waals surface area contributed by atoms with E-state index in [-0.39, 0.29) is 6.04 Å². The maximum Gasteiger partial charge on any atom is 0.191 e. The number of hydrogen-bond acceptors (Lipinski definition) is 4. The highest BCUT2D eigenvalue weighted by atomic mass is 16.3. The number of nitrogens with one attached hydrogen (secondary N) is 2. The van der Waals surface area contributed by atoms with Gasteiger partial charge in [0.15, 0.2) is 5.96 Å². The van der Waals surface area contributed by atoms with Crippen LogP contribution in [0.3, 0.4) is 0 Å². The van der Waals surface area contributed by atoms with Crippen molar-refractivity contribution in [3.63, 3.8) is 0 Å². The Morgan fingerprint density at radius 1 is 1.14 bits per heavy atom. The molecule has 3 rings (SSSR count). The zero-order chi connectivity index (χ0) is 19.9. The van der Waals surface area contributed by atoms with Crippen LogP contribution in [-0.2, 0) is 0 Å². The first-order valence-electron chi connectivity index (χ1n) is 11.2. The minimum Gasteiger partial charge on any atom is -0.465 e. The molecule has 0 radical (unpaired) electrons. The van der Waals surface area contributed by atoms with Gasteiger partial charge in [-0.15, -0.1) is 0 Å². The number of aliphatic imine (C=N–C) groups is 1. The first-order valence-corrected chi connectivity index (χ1v) is 11.2. The van der Waals surface area contributed by atoms with Crippen LogP contribution in [0.4, 0.5) is 0 Å². The van der Waals surface area contributed by atoms with E-state index in [0.29, 0.717) is 12.1 Å². The van der Waals surface area contributed by atoms with Gasteiger partial charge in [-0.2, -0.15) is 0 Å². The van der Waals surface area contributed by atoms with Gasteiger partial charge in [-0.1, -0.05) is 0 Å². The highest BCUT2D eigenvalue weighted by Crippen LogP contribution is 2.27. The van der Waals surface area contributed by atoms with Gasteiger partial charge in [0.05, 0.1) is 12.6 Å². The fraction of sp³-hybridized carbons (Fsp3) is 0.773. The van der Waals surface area contributed by atoms with E-state index in [2.05, 4.69) is 53.3 Å². The maximum absolute atomic E-state index is 5.98. The van der Waals surface area contributed by atoms with Crippen molar-refractivity contribution in [3.8, 4) is 0 Å². The van der Waals surface area contributed by atoms with Crippen LogP contribution in [0.2, 0.25) is 0 Å². The summed E-state index contributed by atoms with van der Waals surface area (Å²) in [5.41, 5.74) is 0. The van der Waals surface area contributed by atoms with E-state index in [9.17, 15) is 0 Å².